The van der Waals surface area contributed by atoms with E-state index in [0.717, 1.165) is 11.5 Å². The van der Waals surface area contributed by atoms with E-state index in [9.17, 15) is 9.59 Å². The van der Waals surface area contributed by atoms with Crippen LogP contribution in [0.15, 0.2) is 41.8 Å². The van der Waals surface area contributed by atoms with Crippen molar-refractivity contribution in [1.82, 2.24) is 5.32 Å². The molecule has 1 N–H and O–H groups in total. The molecule has 0 bridgehead atoms. The van der Waals surface area contributed by atoms with Gasteiger partial charge in [-0.15, -0.1) is 11.3 Å². The molecule has 0 radical (unpaired) electrons. The molecular weight excluding hydrogens is 342 g/mol. The molecule has 1 amide bonds. The van der Waals surface area contributed by atoms with E-state index in [1.807, 2.05) is 13.0 Å². The molecule has 128 valence electrons. The predicted molar refractivity (Wildman–Crippen MR) is 100 cm³/mol. The Balaban J connectivity index is 1.59. The van der Waals surface area contributed by atoms with Gasteiger partial charge in [0.2, 0.25) is 0 Å². The van der Waals surface area contributed by atoms with Gasteiger partial charge in [-0.2, -0.15) is 11.8 Å². The summed E-state index contributed by atoms with van der Waals surface area (Å²) in [5.74, 6) is 2.40. The number of Topliss-reactive ketones (excluding diaryl/α,β-unsaturated/α-hetero) is 1. The van der Waals surface area contributed by atoms with Gasteiger partial charge in [0.05, 0.1) is 0 Å². The zero-order valence-electron chi connectivity index (χ0n) is 13.6. The van der Waals surface area contributed by atoms with Crippen LogP contribution in [0.25, 0.3) is 0 Å². The van der Waals surface area contributed by atoms with Crippen LogP contribution < -0.4 is 10.1 Å². The summed E-state index contributed by atoms with van der Waals surface area (Å²) in [5, 5.41) is 4.91. The van der Waals surface area contributed by atoms with Crippen molar-refractivity contribution < 1.29 is 14.3 Å². The van der Waals surface area contributed by atoms with Gasteiger partial charge in [-0.1, -0.05) is 13.0 Å². The SMILES string of the molecule is CCC(=O)c1ccc(OCC(=O)NCCSCc2cccs2)cc1. The van der Waals surface area contributed by atoms with Gasteiger partial charge in [-0.05, 0) is 35.7 Å². The van der Waals surface area contributed by atoms with Crippen LogP contribution in [0.1, 0.15) is 28.6 Å². The first-order valence-corrected chi connectivity index (χ1v) is 9.85. The average molecular weight is 364 g/mol. The van der Waals surface area contributed by atoms with Crippen molar-refractivity contribution in [3.05, 3.63) is 52.2 Å². The van der Waals surface area contributed by atoms with Crippen LogP contribution in [-0.4, -0.2) is 30.6 Å². The maximum Gasteiger partial charge on any atom is 0.257 e. The highest BCUT2D eigenvalue weighted by atomic mass is 32.2. The summed E-state index contributed by atoms with van der Waals surface area (Å²) >= 11 is 3.54. The predicted octanol–water partition coefficient (Wildman–Crippen LogP) is 3.77. The minimum absolute atomic E-state index is 0.0172. The lowest BCUT2D eigenvalue weighted by Gasteiger charge is -2.08. The third-order valence-electron chi connectivity index (χ3n) is 3.26. The summed E-state index contributed by atoms with van der Waals surface area (Å²) in [5.41, 5.74) is 0.664. The Kier molecular flexibility index (Phi) is 7.85. The van der Waals surface area contributed by atoms with Gasteiger partial charge in [0, 0.05) is 34.9 Å². The van der Waals surface area contributed by atoms with E-state index in [-0.39, 0.29) is 18.3 Å². The van der Waals surface area contributed by atoms with Crippen molar-refractivity contribution in [2.75, 3.05) is 18.9 Å². The summed E-state index contributed by atoms with van der Waals surface area (Å²) in [6.45, 7) is 2.44. The highest BCUT2D eigenvalue weighted by molar-refractivity contribution is 7.98. The Morgan fingerprint density at radius 2 is 2.00 bits per heavy atom. The molecule has 0 spiro atoms. The molecule has 0 aliphatic rings. The molecule has 0 aliphatic heterocycles. The maximum atomic E-state index is 11.7. The lowest BCUT2D eigenvalue weighted by Crippen LogP contribution is -2.30. The number of hydrogen-bond acceptors (Lipinski definition) is 5. The standard InChI is InChI=1S/C18H21NO3S2/c1-2-17(20)14-5-7-15(8-6-14)22-12-18(21)19-9-11-23-13-16-4-3-10-24-16/h3-8,10H,2,9,11-13H2,1H3,(H,19,21). The van der Waals surface area contributed by atoms with Gasteiger partial charge in [-0.3, -0.25) is 9.59 Å². The molecule has 0 saturated heterocycles. The molecule has 2 rings (SSSR count). The zero-order valence-corrected chi connectivity index (χ0v) is 15.3. The summed E-state index contributed by atoms with van der Waals surface area (Å²) in [7, 11) is 0. The second kappa shape index (κ2) is 10.2. The third kappa shape index (κ3) is 6.37. The van der Waals surface area contributed by atoms with Crippen molar-refractivity contribution in [2.45, 2.75) is 19.1 Å². The molecule has 4 nitrogen and oxygen atoms in total. The normalized spacial score (nSPS) is 10.4. The smallest absolute Gasteiger partial charge is 0.257 e. The van der Waals surface area contributed by atoms with E-state index >= 15 is 0 Å². The van der Waals surface area contributed by atoms with E-state index in [1.165, 1.54) is 4.88 Å². The van der Waals surface area contributed by atoms with Crippen LogP contribution in [-0.2, 0) is 10.5 Å². The van der Waals surface area contributed by atoms with Crippen molar-refractivity contribution in [1.29, 1.82) is 0 Å². The Morgan fingerprint density at radius 3 is 2.67 bits per heavy atom. The number of ketones is 1. The number of thioether (sulfide) groups is 1. The number of thiophene rings is 1. The molecule has 2 aromatic rings. The molecule has 0 saturated carbocycles. The summed E-state index contributed by atoms with van der Waals surface area (Å²) in [6.07, 6.45) is 0.479. The van der Waals surface area contributed by atoms with E-state index in [1.54, 1.807) is 47.4 Å². The molecule has 1 aromatic carbocycles. The second-order valence-corrected chi connectivity index (χ2v) is 7.21. The number of hydrogen-bond donors (Lipinski definition) is 1. The van der Waals surface area contributed by atoms with Crippen LogP contribution >= 0.6 is 23.1 Å². The van der Waals surface area contributed by atoms with Crippen molar-refractivity contribution in [3.63, 3.8) is 0 Å². The number of ether oxygens (including phenoxy) is 1. The van der Waals surface area contributed by atoms with Crippen LogP contribution in [0.3, 0.4) is 0 Å². The molecule has 0 atom stereocenters. The quantitative estimate of drug-likeness (QED) is 0.516. The van der Waals surface area contributed by atoms with E-state index in [0.29, 0.717) is 24.3 Å². The van der Waals surface area contributed by atoms with Gasteiger partial charge in [0.15, 0.2) is 12.4 Å². The average Bonchev–Trinajstić information content (AvgIpc) is 3.13. The number of amides is 1. The van der Waals surface area contributed by atoms with E-state index in [4.69, 9.17) is 4.74 Å². The van der Waals surface area contributed by atoms with Gasteiger partial charge >= 0.3 is 0 Å². The second-order valence-electron chi connectivity index (χ2n) is 5.07. The Hall–Kier alpha value is -1.79. The Labute approximate surface area is 150 Å². The summed E-state index contributed by atoms with van der Waals surface area (Å²) in [6, 6.07) is 11.0. The van der Waals surface area contributed by atoms with E-state index in [2.05, 4.69) is 16.8 Å². The summed E-state index contributed by atoms with van der Waals surface area (Å²) in [4.78, 5) is 24.6. The number of carbonyl (C=O) groups excluding carboxylic acids is 2. The third-order valence-corrected chi connectivity index (χ3v) is 5.33. The van der Waals surface area contributed by atoms with Gasteiger partial charge in [0.25, 0.3) is 5.91 Å². The molecular formula is C18H21NO3S2. The number of benzene rings is 1. The fraction of sp³-hybridized carbons (Fsp3) is 0.333. The fourth-order valence-corrected chi connectivity index (χ4v) is 3.67. The number of nitrogens with one attached hydrogen (secondary N) is 1. The first-order valence-electron chi connectivity index (χ1n) is 7.82. The molecule has 1 heterocycles. The molecule has 0 unspecified atom stereocenters. The first kappa shape index (κ1) is 18.5. The minimum Gasteiger partial charge on any atom is -0.484 e. The largest absolute Gasteiger partial charge is 0.484 e. The Bertz CT molecular complexity index is 639. The summed E-state index contributed by atoms with van der Waals surface area (Å²) < 4.78 is 5.42. The van der Waals surface area contributed by atoms with Gasteiger partial charge in [0.1, 0.15) is 5.75 Å². The molecule has 6 heteroatoms. The highest BCUT2D eigenvalue weighted by Crippen LogP contribution is 2.16. The minimum atomic E-state index is -0.138. The lowest BCUT2D eigenvalue weighted by molar-refractivity contribution is -0.122. The van der Waals surface area contributed by atoms with E-state index < -0.39 is 0 Å². The van der Waals surface area contributed by atoms with Crippen LogP contribution in [0.2, 0.25) is 0 Å². The first-order chi connectivity index (χ1) is 11.7. The molecule has 1 aromatic heterocycles. The number of carbonyl (C=O) groups is 2. The highest BCUT2D eigenvalue weighted by Gasteiger charge is 2.05. The van der Waals surface area contributed by atoms with Gasteiger partial charge < -0.3 is 10.1 Å². The van der Waals surface area contributed by atoms with Crippen LogP contribution in [0.5, 0.6) is 5.75 Å². The zero-order chi connectivity index (χ0) is 17.2. The van der Waals surface area contributed by atoms with Crippen LogP contribution in [0, 0.1) is 0 Å². The molecule has 24 heavy (non-hydrogen) atoms. The van der Waals surface area contributed by atoms with Crippen molar-refractivity contribution in [3.8, 4) is 5.75 Å². The topological polar surface area (TPSA) is 55.4 Å². The van der Waals surface area contributed by atoms with Crippen LogP contribution in [0.4, 0.5) is 0 Å². The Morgan fingerprint density at radius 1 is 1.21 bits per heavy atom. The molecule has 0 aliphatic carbocycles. The fourth-order valence-electron chi connectivity index (χ4n) is 1.97. The maximum absolute atomic E-state index is 11.7. The lowest BCUT2D eigenvalue weighted by atomic mass is 10.1. The monoisotopic (exact) mass is 363 g/mol. The number of rotatable bonds is 10. The van der Waals surface area contributed by atoms with Crippen molar-refractivity contribution in [2.24, 2.45) is 0 Å². The molecule has 0 fully saturated rings. The van der Waals surface area contributed by atoms with Gasteiger partial charge in [-0.25, -0.2) is 0 Å². The van der Waals surface area contributed by atoms with Crippen molar-refractivity contribution >= 4 is 34.8 Å².